The number of hydrogen-bond acceptors (Lipinski definition) is 4. The Morgan fingerprint density at radius 3 is 2.68 bits per heavy atom. The number of benzene rings is 2. The van der Waals surface area contributed by atoms with Gasteiger partial charge in [-0.3, -0.25) is 9.59 Å². The number of carbonyl (C=O) groups excluding carboxylic acids is 1. The van der Waals surface area contributed by atoms with Crippen LogP contribution in [0, 0.1) is 11.6 Å². The van der Waals surface area contributed by atoms with E-state index < -0.39 is 23.1 Å². The molecule has 28 heavy (non-hydrogen) atoms. The SMILES string of the molecule is O=C(NC1CCOc2ccc(-c3ccc(F)c(F)c3)cc21)c1c[nH]c(=O)cn1. The molecular formula is C20H15F2N3O3. The molecule has 142 valence electrons. The van der Waals surface area contributed by atoms with Crippen LogP contribution in [0.15, 0.2) is 53.6 Å². The molecule has 1 aliphatic heterocycles. The standard InChI is InChI=1S/C20H15F2N3O3/c21-14-3-1-12(8-15(14)22)11-2-4-18-13(7-11)16(5-6-28-18)25-20(27)17-9-24-19(26)10-23-17/h1-4,7-10,16H,5-6H2,(H,24,26)(H,25,27). The second kappa shape index (κ2) is 7.22. The highest BCUT2D eigenvalue weighted by atomic mass is 19.2. The highest BCUT2D eigenvalue weighted by Crippen LogP contribution is 2.35. The third-order valence-electron chi connectivity index (χ3n) is 4.51. The zero-order valence-electron chi connectivity index (χ0n) is 14.5. The zero-order chi connectivity index (χ0) is 19.7. The molecule has 2 heterocycles. The molecule has 0 bridgehead atoms. The lowest BCUT2D eigenvalue weighted by Gasteiger charge is -2.27. The summed E-state index contributed by atoms with van der Waals surface area (Å²) in [6, 6.07) is 8.60. The van der Waals surface area contributed by atoms with Crippen molar-refractivity contribution < 1.29 is 18.3 Å². The molecule has 3 aromatic rings. The molecule has 1 aliphatic rings. The number of aromatic amines is 1. The van der Waals surface area contributed by atoms with Gasteiger partial charge in [0.25, 0.3) is 11.5 Å². The van der Waals surface area contributed by atoms with Crippen LogP contribution in [-0.2, 0) is 0 Å². The first-order valence-corrected chi connectivity index (χ1v) is 8.59. The van der Waals surface area contributed by atoms with Crippen LogP contribution in [0.5, 0.6) is 5.75 Å². The van der Waals surface area contributed by atoms with E-state index in [1.165, 1.54) is 12.3 Å². The van der Waals surface area contributed by atoms with Gasteiger partial charge in [-0.1, -0.05) is 12.1 Å². The predicted octanol–water partition coefficient (Wildman–Crippen LogP) is 2.97. The van der Waals surface area contributed by atoms with E-state index in [1.54, 1.807) is 18.2 Å². The van der Waals surface area contributed by atoms with Crippen LogP contribution in [0.1, 0.15) is 28.5 Å². The third kappa shape index (κ3) is 3.48. The Labute approximate surface area is 158 Å². The quantitative estimate of drug-likeness (QED) is 0.728. The number of nitrogens with zero attached hydrogens (tertiary/aromatic N) is 1. The molecule has 0 fully saturated rings. The Bertz CT molecular complexity index is 1090. The van der Waals surface area contributed by atoms with Crippen molar-refractivity contribution >= 4 is 5.91 Å². The second-order valence-corrected chi connectivity index (χ2v) is 6.34. The number of H-pyrrole nitrogens is 1. The monoisotopic (exact) mass is 383 g/mol. The Kier molecular flexibility index (Phi) is 4.60. The topological polar surface area (TPSA) is 84.1 Å². The summed E-state index contributed by atoms with van der Waals surface area (Å²) in [7, 11) is 0. The van der Waals surface area contributed by atoms with E-state index in [0.717, 1.165) is 23.9 Å². The van der Waals surface area contributed by atoms with Crippen molar-refractivity contribution in [1.82, 2.24) is 15.3 Å². The molecule has 1 amide bonds. The van der Waals surface area contributed by atoms with Crippen molar-refractivity contribution in [2.24, 2.45) is 0 Å². The molecule has 1 unspecified atom stereocenters. The predicted molar refractivity (Wildman–Crippen MR) is 97.0 cm³/mol. The van der Waals surface area contributed by atoms with Gasteiger partial charge in [-0.15, -0.1) is 0 Å². The van der Waals surface area contributed by atoms with E-state index in [9.17, 15) is 18.4 Å². The Balaban J connectivity index is 1.64. The van der Waals surface area contributed by atoms with Gasteiger partial charge in [0, 0.05) is 18.2 Å². The van der Waals surface area contributed by atoms with Gasteiger partial charge in [0.05, 0.1) is 18.8 Å². The Hall–Kier alpha value is -3.55. The zero-order valence-corrected chi connectivity index (χ0v) is 14.5. The van der Waals surface area contributed by atoms with Crippen LogP contribution >= 0.6 is 0 Å². The molecule has 1 aromatic heterocycles. The Morgan fingerprint density at radius 2 is 1.93 bits per heavy atom. The lowest BCUT2D eigenvalue weighted by Crippen LogP contribution is -2.33. The average molecular weight is 383 g/mol. The smallest absolute Gasteiger partial charge is 0.271 e. The number of ether oxygens (including phenoxy) is 1. The fourth-order valence-electron chi connectivity index (χ4n) is 3.10. The number of amides is 1. The summed E-state index contributed by atoms with van der Waals surface area (Å²) in [4.78, 5) is 29.8. The number of nitrogens with one attached hydrogen (secondary N) is 2. The lowest BCUT2D eigenvalue weighted by atomic mass is 9.95. The van der Waals surface area contributed by atoms with Gasteiger partial charge in [0.1, 0.15) is 11.4 Å². The van der Waals surface area contributed by atoms with E-state index in [2.05, 4.69) is 15.3 Å². The van der Waals surface area contributed by atoms with Crippen molar-refractivity contribution in [2.75, 3.05) is 6.61 Å². The highest BCUT2D eigenvalue weighted by molar-refractivity contribution is 5.92. The molecule has 0 saturated heterocycles. The van der Waals surface area contributed by atoms with Crippen molar-refractivity contribution in [3.8, 4) is 16.9 Å². The maximum absolute atomic E-state index is 13.6. The van der Waals surface area contributed by atoms with E-state index >= 15 is 0 Å². The fraction of sp³-hybridized carbons (Fsp3) is 0.150. The highest BCUT2D eigenvalue weighted by Gasteiger charge is 2.24. The van der Waals surface area contributed by atoms with Crippen molar-refractivity contribution in [1.29, 1.82) is 0 Å². The minimum absolute atomic E-state index is 0.0874. The number of rotatable bonds is 3. The number of halogens is 2. The van der Waals surface area contributed by atoms with E-state index in [4.69, 9.17) is 4.74 Å². The van der Waals surface area contributed by atoms with Crippen LogP contribution in [0.25, 0.3) is 11.1 Å². The van der Waals surface area contributed by atoms with Gasteiger partial charge >= 0.3 is 0 Å². The first kappa shape index (κ1) is 17.8. The average Bonchev–Trinajstić information content (AvgIpc) is 2.70. The number of carbonyl (C=O) groups is 1. The minimum Gasteiger partial charge on any atom is -0.493 e. The summed E-state index contributed by atoms with van der Waals surface area (Å²) in [6.07, 6.45) is 2.81. The van der Waals surface area contributed by atoms with Gasteiger partial charge in [0.15, 0.2) is 11.6 Å². The van der Waals surface area contributed by atoms with Crippen LogP contribution < -0.4 is 15.6 Å². The summed E-state index contributed by atoms with van der Waals surface area (Å²) in [5, 5.41) is 2.87. The van der Waals surface area contributed by atoms with Gasteiger partial charge in [0.2, 0.25) is 0 Å². The number of aromatic nitrogens is 2. The van der Waals surface area contributed by atoms with Gasteiger partial charge in [-0.05, 0) is 35.4 Å². The first-order valence-electron chi connectivity index (χ1n) is 8.59. The molecule has 6 nitrogen and oxygen atoms in total. The number of hydrogen-bond donors (Lipinski definition) is 2. The van der Waals surface area contributed by atoms with Crippen molar-refractivity contribution in [3.05, 3.63) is 82.0 Å². The fourth-order valence-corrected chi connectivity index (χ4v) is 3.10. The third-order valence-corrected chi connectivity index (χ3v) is 4.51. The van der Waals surface area contributed by atoms with Crippen molar-refractivity contribution in [2.45, 2.75) is 12.5 Å². The molecule has 8 heteroatoms. The van der Waals surface area contributed by atoms with Crippen LogP contribution in [0.3, 0.4) is 0 Å². The lowest BCUT2D eigenvalue weighted by molar-refractivity contribution is 0.0919. The largest absolute Gasteiger partial charge is 0.493 e. The van der Waals surface area contributed by atoms with Crippen LogP contribution in [0.2, 0.25) is 0 Å². The van der Waals surface area contributed by atoms with Crippen LogP contribution in [-0.4, -0.2) is 22.5 Å². The first-order chi connectivity index (χ1) is 13.5. The van der Waals surface area contributed by atoms with Gasteiger partial charge in [-0.25, -0.2) is 13.8 Å². The molecular weight excluding hydrogens is 368 g/mol. The van der Waals surface area contributed by atoms with E-state index in [0.29, 0.717) is 29.9 Å². The summed E-state index contributed by atoms with van der Waals surface area (Å²) < 4.78 is 32.4. The number of fused-ring (bicyclic) bond motifs is 1. The van der Waals surface area contributed by atoms with Gasteiger partial charge in [-0.2, -0.15) is 0 Å². The Morgan fingerprint density at radius 1 is 1.14 bits per heavy atom. The molecule has 0 radical (unpaired) electrons. The summed E-state index contributed by atoms with van der Waals surface area (Å²) in [6.45, 7) is 0.418. The second-order valence-electron chi connectivity index (χ2n) is 6.34. The maximum atomic E-state index is 13.6. The molecule has 4 rings (SSSR count). The van der Waals surface area contributed by atoms with E-state index in [1.807, 2.05) is 0 Å². The summed E-state index contributed by atoms with van der Waals surface area (Å²) >= 11 is 0. The minimum atomic E-state index is -0.930. The summed E-state index contributed by atoms with van der Waals surface area (Å²) in [5.74, 6) is -1.67. The molecule has 1 atom stereocenters. The molecule has 2 aromatic carbocycles. The summed E-state index contributed by atoms with van der Waals surface area (Å²) in [5.41, 5.74) is 1.60. The molecule has 2 N–H and O–H groups in total. The molecule has 0 saturated carbocycles. The normalized spacial score (nSPS) is 15.4. The van der Waals surface area contributed by atoms with Crippen molar-refractivity contribution in [3.63, 3.8) is 0 Å². The van der Waals surface area contributed by atoms with Gasteiger partial charge < -0.3 is 15.0 Å². The molecule has 0 spiro atoms. The maximum Gasteiger partial charge on any atom is 0.271 e. The van der Waals surface area contributed by atoms with Crippen LogP contribution in [0.4, 0.5) is 8.78 Å². The molecule has 0 aliphatic carbocycles. The van der Waals surface area contributed by atoms with E-state index in [-0.39, 0.29) is 11.7 Å².